The Hall–Kier alpha value is -6.55. The number of ether oxygens (including phenoxy) is 2. The fraction of sp³-hybridized carbons (Fsp3) is 0.429. The van der Waals surface area contributed by atoms with Gasteiger partial charge in [-0.2, -0.15) is 10.4 Å². The monoisotopic (exact) mass is 979 g/mol. The van der Waals surface area contributed by atoms with Crippen LogP contribution in [0.25, 0.3) is 22.2 Å². The van der Waals surface area contributed by atoms with Crippen LogP contribution in [-0.4, -0.2) is 118 Å². The Morgan fingerprint density at radius 3 is 2.42 bits per heavy atom. The van der Waals surface area contributed by atoms with E-state index in [0.717, 1.165) is 5.39 Å². The van der Waals surface area contributed by atoms with Gasteiger partial charge in [-0.15, -0.1) is 0 Å². The summed E-state index contributed by atoms with van der Waals surface area (Å²) in [4.78, 5) is 65.2. The van der Waals surface area contributed by atoms with Gasteiger partial charge >= 0.3 is 0 Å². The summed E-state index contributed by atoms with van der Waals surface area (Å²) < 4.78 is 27.2. The highest BCUT2D eigenvalue weighted by molar-refractivity contribution is 6.35. The van der Waals surface area contributed by atoms with E-state index in [1.165, 1.54) is 18.5 Å². The number of anilines is 2. The Labute approximate surface area is 408 Å². The number of likely N-dealkylation sites (tertiary alicyclic amines) is 2. The molecule has 4 fully saturated rings. The van der Waals surface area contributed by atoms with E-state index in [9.17, 15) is 24.4 Å². The van der Waals surface area contributed by atoms with Gasteiger partial charge in [-0.1, -0.05) is 29.3 Å². The highest BCUT2D eigenvalue weighted by Crippen LogP contribution is 2.41. The molecule has 4 N–H and O–H groups in total. The van der Waals surface area contributed by atoms with Crippen molar-refractivity contribution in [3.05, 3.63) is 87.5 Å². The molecule has 0 saturated carbocycles. The van der Waals surface area contributed by atoms with E-state index in [1.807, 2.05) is 29.7 Å². The maximum Gasteiger partial charge on any atom is 0.249 e. The van der Waals surface area contributed by atoms with Gasteiger partial charge in [0.25, 0.3) is 0 Å². The number of hydrogen-bond acceptors (Lipinski definition) is 13. The van der Waals surface area contributed by atoms with Crippen molar-refractivity contribution < 1.29 is 33.0 Å². The van der Waals surface area contributed by atoms with Crippen LogP contribution in [-0.2, 0) is 19.2 Å². The van der Waals surface area contributed by atoms with Crippen LogP contribution in [0.15, 0.2) is 55.0 Å². The summed E-state index contributed by atoms with van der Waals surface area (Å²) in [6, 6.07) is 12.0. The zero-order valence-electron chi connectivity index (χ0n) is 38.4. The number of pyridine rings is 2. The van der Waals surface area contributed by atoms with Gasteiger partial charge in [0.1, 0.15) is 35.5 Å². The molecule has 2 aromatic carbocycles. The molecule has 4 saturated heterocycles. The first-order valence-electron chi connectivity index (χ1n) is 23.1. The van der Waals surface area contributed by atoms with Crippen LogP contribution >= 0.6 is 23.2 Å². The van der Waals surface area contributed by atoms with Gasteiger partial charge in [-0.3, -0.25) is 39.5 Å². The van der Waals surface area contributed by atoms with Crippen LogP contribution in [0.3, 0.4) is 0 Å². The second kappa shape index (κ2) is 19.8. The van der Waals surface area contributed by atoms with E-state index in [-0.39, 0.29) is 48.3 Å². The maximum atomic E-state index is 15.3. The maximum absolute atomic E-state index is 15.3. The summed E-state index contributed by atoms with van der Waals surface area (Å²) in [6.45, 7) is 7.30. The molecule has 360 valence electrons. The van der Waals surface area contributed by atoms with Crippen molar-refractivity contribution in [3.8, 4) is 28.8 Å². The van der Waals surface area contributed by atoms with Gasteiger partial charge in [-0.05, 0) is 94.8 Å². The van der Waals surface area contributed by atoms with E-state index in [1.54, 1.807) is 37.6 Å². The molecule has 0 radical (unpaired) electrons. The predicted octanol–water partition coefficient (Wildman–Crippen LogP) is 6.52. The lowest BCUT2D eigenvalue weighted by atomic mass is 9.88. The standard InChI is InChI=1S/C49H52Cl2FN11O6/c1-27(44-35(50)22-54-23-36(44)51)69-41-18-34-39(19-40(41)68-3)59-60-45(34)31-16-30(20-53)46(55-21-31)63-25-49(2,26-63)58-47(66)29-10-14-62(15-11-29)43(65)24-61-12-8-28(9-13-61)33-5-4-32(17-37(33)52)56-38-6-7-42(64)57-48(38)67/h4-5,16-19,21-23,27-29,38,56H,6-15,24-26H2,1-3H3,(H,58,66)(H,59,60)(H,57,64,67)/t27-,38?/m1/s1. The Bertz CT molecular complexity index is 2830. The number of amides is 4. The van der Waals surface area contributed by atoms with Crippen LogP contribution in [0.1, 0.15) is 81.1 Å². The number of nitrogens with zero attached hydrogens (tertiary/aromatic N) is 7. The summed E-state index contributed by atoms with van der Waals surface area (Å²) in [5.74, 6) is 0.119. The van der Waals surface area contributed by atoms with Crippen molar-refractivity contribution in [1.82, 2.24) is 40.6 Å². The second-order valence-electron chi connectivity index (χ2n) is 18.6. The van der Waals surface area contributed by atoms with E-state index in [4.69, 9.17) is 37.7 Å². The third kappa shape index (κ3) is 10.1. The first-order valence-corrected chi connectivity index (χ1v) is 23.8. The van der Waals surface area contributed by atoms with Gasteiger partial charge < -0.3 is 29.9 Å². The molecule has 20 heteroatoms. The molecule has 17 nitrogen and oxygen atoms in total. The van der Waals surface area contributed by atoms with E-state index >= 15 is 4.39 Å². The highest BCUT2D eigenvalue weighted by atomic mass is 35.5. The lowest BCUT2D eigenvalue weighted by Crippen LogP contribution is -2.69. The van der Waals surface area contributed by atoms with Crippen LogP contribution < -0.4 is 30.3 Å². The quantitative estimate of drug-likeness (QED) is 0.0928. The first-order chi connectivity index (χ1) is 33.2. The summed E-state index contributed by atoms with van der Waals surface area (Å²) in [6.07, 6.45) is 7.27. The minimum Gasteiger partial charge on any atom is -0.493 e. The molecular formula is C49H52Cl2FN11O6. The number of nitrogens with one attached hydrogen (secondary N) is 4. The number of fused-ring (bicyclic) bond motifs is 1. The van der Waals surface area contributed by atoms with Crippen molar-refractivity contribution in [1.29, 1.82) is 5.26 Å². The van der Waals surface area contributed by atoms with Gasteiger partial charge in [-0.25, -0.2) is 9.37 Å². The fourth-order valence-electron chi connectivity index (χ4n) is 9.97. The fourth-order valence-corrected chi connectivity index (χ4v) is 10.6. The van der Waals surface area contributed by atoms with Crippen molar-refractivity contribution in [2.24, 2.45) is 5.92 Å². The Kier molecular flexibility index (Phi) is 13.6. The lowest BCUT2D eigenvalue weighted by molar-refractivity contribution is -0.137. The number of nitriles is 1. The van der Waals surface area contributed by atoms with Gasteiger partial charge in [0.15, 0.2) is 11.5 Å². The molecule has 4 aliphatic heterocycles. The van der Waals surface area contributed by atoms with Gasteiger partial charge in [0.05, 0.1) is 40.3 Å². The number of imide groups is 1. The largest absolute Gasteiger partial charge is 0.493 e. The van der Waals surface area contributed by atoms with Crippen LogP contribution in [0.2, 0.25) is 10.0 Å². The SMILES string of the molecule is COc1cc2[nH]nc(-c3cnc(N4CC(C)(NC(=O)C5CCN(C(=O)CN6CCC(c7ccc(NC8CCC(=O)NC8=O)cc7F)CC6)CC5)C4)c(C#N)c3)c2cc1O[C@H](C)c1c(Cl)cncc1Cl. The molecule has 3 aromatic heterocycles. The molecule has 0 spiro atoms. The van der Waals surface area contributed by atoms with E-state index in [2.05, 4.69) is 42.1 Å². The number of methoxy groups -OCH3 is 1. The molecule has 4 amide bonds. The highest BCUT2D eigenvalue weighted by Gasteiger charge is 2.43. The topological polar surface area (TPSA) is 211 Å². The van der Waals surface area contributed by atoms with Crippen LogP contribution in [0, 0.1) is 23.1 Å². The van der Waals surface area contributed by atoms with Crippen LogP contribution in [0.5, 0.6) is 11.5 Å². The summed E-state index contributed by atoms with van der Waals surface area (Å²) in [7, 11) is 1.54. The molecule has 0 bridgehead atoms. The van der Waals surface area contributed by atoms with Crippen molar-refractivity contribution in [2.45, 2.75) is 76.0 Å². The first kappa shape index (κ1) is 47.5. The Balaban J connectivity index is 0.741. The molecule has 9 rings (SSSR count). The number of aromatic amines is 1. The number of carbonyl (C=O) groups excluding carboxylic acids is 4. The zero-order chi connectivity index (χ0) is 48.6. The molecule has 7 heterocycles. The molecule has 2 atom stereocenters. The average Bonchev–Trinajstić information content (AvgIpc) is 3.74. The third-order valence-corrected chi connectivity index (χ3v) is 14.3. The average molecular weight is 981 g/mol. The number of piperidine rings is 3. The summed E-state index contributed by atoms with van der Waals surface area (Å²) in [5, 5.41) is 27.9. The Morgan fingerprint density at radius 2 is 1.74 bits per heavy atom. The van der Waals surface area contributed by atoms with Gasteiger partial charge in [0, 0.05) is 85.4 Å². The number of hydrogen-bond donors (Lipinski definition) is 4. The zero-order valence-corrected chi connectivity index (χ0v) is 39.9. The third-order valence-electron chi connectivity index (χ3n) is 13.7. The van der Waals surface area contributed by atoms with E-state index < -0.39 is 23.6 Å². The molecule has 0 aliphatic carbocycles. The molecule has 1 unspecified atom stereocenters. The summed E-state index contributed by atoms with van der Waals surface area (Å²) in [5.41, 5.74) is 3.40. The number of carbonyl (C=O) groups is 4. The number of rotatable bonds is 13. The van der Waals surface area contributed by atoms with E-state index in [0.29, 0.717) is 138 Å². The number of benzene rings is 2. The molecule has 4 aliphatic rings. The molecular weight excluding hydrogens is 929 g/mol. The molecule has 5 aromatic rings. The van der Waals surface area contributed by atoms with Crippen molar-refractivity contribution in [2.75, 3.05) is 63.1 Å². The van der Waals surface area contributed by atoms with Crippen molar-refractivity contribution >= 4 is 69.2 Å². The van der Waals surface area contributed by atoms with Crippen molar-refractivity contribution in [3.63, 3.8) is 0 Å². The lowest BCUT2D eigenvalue weighted by Gasteiger charge is -2.49. The summed E-state index contributed by atoms with van der Waals surface area (Å²) >= 11 is 12.8. The smallest absolute Gasteiger partial charge is 0.249 e. The minimum absolute atomic E-state index is 0.0110. The minimum atomic E-state index is -0.588. The number of H-pyrrole nitrogens is 1. The van der Waals surface area contributed by atoms with Crippen LogP contribution in [0.4, 0.5) is 15.9 Å². The normalized spacial score (nSPS) is 19.3. The van der Waals surface area contributed by atoms with Gasteiger partial charge in [0.2, 0.25) is 23.6 Å². The number of halogens is 3. The second-order valence-corrected chi connectivity index (χ2v) is 19.4. The Morgan fingerprint density at radius 1 is 1.00 bits per heavy atom. The number of aromatic nitrogens is 4. The predicted molar refractivity (Wildman–Crippen MR) is 257 cm³/mol. The molecule has 69 heavy (non-hydrogen) atoms.